The van der Waals surface area contributed by atoms with Crippen LogP contribution in [-0.2, 0) is 13.6 Å². The minimum Gasteiger partial charge on any atom is -0.494 e. The predicted molar refractivity (Wildman–Crippen MR) is 89.8 cm³/mol. The third kappa shape index (κ3) is 4.03. The monoisotopic (exact) mass is 329 g/mol. The highest BCUT2D eigenvalue weighted by Crippen LogP contribution is 2.60. The van der Waals surface area contributed by atoms with Crippen LogP contribution in [0.4, 0.5) is 0 Å². The molecular weight excluding hydrogens is 301 g/mol. The molecule has 6 heteroatoms. The summed E-state index contributed by atoms with van der Waals surface area (Å²) >= 11 is 0. The number of aliphatic hydroxyl groups excluding tert-OH is 1. The summed E-state index contributed by atoms with van der Waals surface area (Å²) in [6, 6.07) is 0.225. The highest BCUT2D eigenvalue weighted by Gasteiger charge is 2.35. The van der Waals surface area contributed by atoms with E-state index in [1.807, 2.05) is 32.6 Å². The molecule has 0 saturated heterocycles. The molecule has 0 saturated carbocycles. The Morgan fingerprint density at radius 1 is 1.18 bits per heavy atom. The largest absolute Gasteiger partial charge is 0.494 e. The van der Waals surface area contributed by atoms with Gasteiger partial charge in [-0.25, -0.2) is 0 Å². The van der Waals surface area contributed by atoms with Crippen LogP contribution in [0.2, 0.25) is 0 Å². The molecule has 1 aliphatic carbocycles. The van der Waals surface area contributed by atoms with Gasteiger partial charge in [0.15, 0.2) is 5.88 Å². The van der Waals surface area contributed by atoms with Crippen LogP contribution in [0.15, 0.2) is 35.0 Å². The first-order valence-corrected chi connectivity index (χ1v) is 9.32. The summed E-state index contributed by atoms with van der Waals surface area (Å²) in [5.74, 6) is 0.102. The second-order valence-corrected chi connectivity index (χ2v) is 7.57. The lowest BCUT2D eigenvalue weighted by molar-refractivity contribution is 0.132. The van der Waals surface area contributed by atoms with Gasteiger partial charge in [0.1, 0.15) is 0 Å². The van der Waals surface area contributed by atoms with Crippen LogP contribution >= 0.6 is 7.60 Å². The number of hydrogen-bond donors (Lipinski definition) is 1. The summed E-state index contributed by atoms with van der Waals surface area (Å²) in [6.45, 7) is 12.1. The Balaban J connectivity index is 3.29. The zero-order valence-electron chi connectivity index (χ0n) is 14.4. The number of aliphatic hydroxyl groups is 1. The first kappa shape index (κ1) is 19.0. The molecule has 1 aliphatic rings. The second-order valence-electron chi connectivity index (χ2n) is 5.58. The number of nitrogens with zero attached hydrogens (tertiary/aromatic N) is 1. The zero-order valence-corrected chi connectivity index (χ0v) is 15.3. The minimum absolute atomic E-state index is 0.102. The van der Waals surface area contributed by atoms with E-state index in [0.29, 0.717) is 10.9 Å². The van der Waals surface area contributed by atoms with Crippen molar-refractivity contribution < 1.29 is 18.7 Å². The molecule has 0 aromatic heterocycles. The van der Waals surface area contributed by atoms with Crippen LogP contribution in [0.1, 0.15) is 41.5 Å². The molecule has 0 heterocycles. The van der Waals surface area contributed by atoms with E-state index in [1.165, 1.54) is 0 Å². The van der Waals surface area contributed by atoms with Gasteiger partial charge in [0, 0.05) is 17.7 Å². The van der Waals surface area contributed by atoms with Crippen molar-refractivity contribution >= 4 is 7.60 Å². The van der Waals surface area contributed by atoms with Crippen LogP contribution < -0.4 is 0 Å². The van der Waals surface area contributed by atoms with Gasteiger partial charge in [-0.2, -0.15) is 0 Å². The highest BCUT2D eigenvalue weighted by atomic mass is 31.2. The highest BCUT2D eigenvalue weighted by molar-refractivity contribution is 7.58. The summed E-state index contributed by atoms with van der Waals surface area (Å²) in [5.41, 5.74) is 0.507. The van der Waals surface area contributed by atoms with Crippen molar-refractivity contribution in [2.45, 2.75) is 53.6 Å². The molecule has 0 atom stereocenters. The molecule has 1 rings (SSSR count). The van der Waals surface area contributed by atoms with Crippen molar-refractivity contribution in [1.82, 2.24) is 4.90 Å². The van der Waals surface area contributed by atoms with Crippen LogP contribution in [0, 0.1) is 0 Å². The maximum Gasteiger partial charge on any atom is 0.362 e. The minimum atomic E-state index is -3.42. The average molecular weight is 329 g/mol. The quantitative estimate of drug-likeness (QED) is 0.521. The standard InChI is InChI=1S/C16H28NO4P/c1-7-20-22(19,21-8-2)15-11-9-10-14(15)16(18)17(12(3)4)13(5)6/h9-13,18H,7-8H2,1-6H3/b16-14-. The van der Waals surface area contributed by atoms with E-state index in [1.54, 1.807) is 32.1 Å². The van der Waals surface area contributed by atoms with E-state index in [-0.39, 0.29) is 31.2 Å². The third-order valence-corrected chi connectivity index (χ3v) is 5.46. The van der Waals surface area contributed by atoms with E-state index in [2.05, 4.69) is 0 Å². The summed E-state index contributed by atoms with van der Waals surface area (Å²) in [4.78, 5) is 1.88. The number of allylic oxidation sites excluding steroid dienone is 5. The molecular formula is C16H28NO4P. The van der Waals surface area contributed by atoms with E-state index in [9.17, 15) is 9.67 Å². The first-order valence-electron chi connectivity index (χ1n) is 7.78. The molecule has 22 heavy (non-hydrogen) atoms. The Hall–Kier alpha value is -1.03. The molecule has 0 aromatic carbocycles. The van der Waals surface area contributed by atoms with E-state index in [4.69, 9.17) is 9.05 Å². The maximum absolute atomic E-state index is 13.0. The fraction of sp³-hybridized carbons (Fsp3) is 0.625. The Morgan fingerprint density at radius 3 is 2.09 bits per heavy atom. The van der Waals surface area contributed by atoms with Crippen molar-refractivity contribution in [1.29, 1.82) is 0 Å². The predicted octanol–water partition coefficient (Wildman–Crippen LogP) is 4.59. The molecule has 126 valence electrons. The van der Waals surface area contributed by atoms with E-state index >= 15 is 0 Å². The molecule has 1 N–H and O–H groups in total. The van der Waals surface area contributed by atoms with Crippen molar-refractivity contribution in [2.75, 3.05) is 13.2 Å². The van der Waals surface area contributed by atoms with Gasteiger partial charge >= 0.3 is 7.60 Å². The molecule has 0 amide bonds. The fourth-order valence-corrected chi connectivity index (χ4v) is 4.35. The number of rotatable bonds is 8. The van der Waals surface area contributed by atoms with E-state index < -0.39 is 7.60 Å². The normalized spacial score (nSPS) is 17.4. The molecule has 0 bridgehead atoms. The van der Waals surface area contributed by atoms with Gasteiger partial charge < -0.3 is 19.1 Å². The lowest BCUT2D eigenvalue weighted by Crippen LogP contribution is -2.36. The molecule has 0 radical (unpaired) electrons. The Bertz CT molecular complexity index is 502. The number of hydrogen-bond acceptors (Lipinski definition) is 5. The summed E-state index contributed by atoms with van der Waals surface area (Å²) < 4.78 is 23.8. The molecule has 0 aliphatic heterocycles. The third-order valence-electron chi connectivity index (χ3n) is 3.28. The fourth-order valence-electron chi connectivity index (χ4n) is 2.58. The lowest BCUT2D eigenvalue weighted by atomic mass is 10.2. The topological polar surface area (TPSA) is 59.0 Å². The Kier molecular flexibility index (Phi) is 6.92. The van der Waals surface area contributed by atoms with Crippen molar-refractivity contribution in [3.05, 3.63) is 35.0 Å². The van der Waals surface area contributed by atoms with Crippen molar-refractivity contribution in [3.8, 4) is 0 Å². The molecule has 0 fully saturated rings. The summed E-state index contributed by atoms with van der Waals surface area (Å²) in [6.07, 6.45) is 5.19. The van der Waals surface area contributed by atoms with Gasteiger partial charge in [0.2, 0.25) is 0 Å². The maximum atomic E-state index is 13.0. The van der Waals surface area contributed by atoms with Gasteiger partial charge in [0.05, 0.1) is 18.5 Å². The molecule has 0 unspecified atom stereocenters. The average Bonchev–Trinajstić information content (AvgIpc) is 2.88. The van der Waals surface area contributed by atoms with Crippen molar-refractivity contribution in [2.24, 2.45) is 0 Å². The van der Waals surface area contributed by atoms with Crippen LogP contribution in [-0.4, -0.2) is 35.3 Å². The molecule has 0 spiro atoms. The zero-order chi connectivity index (χ0) is 16.9. The molecule has 0 aromatic rings. The van der Waals surface area contributed by atoms with Crippen LogP contribution in [0.3, 0.4) is 0 Å². The van der Waals surface area contributed by atoms with Gasteiger partial charge in [-0.3, -0.25) is 4.57 Å². The van der Waals surface area contributed by atoms with E-state index in [0.717, 1.165) is 0 Å². The van der Waals surface area contributed by atoms with Crippen LogP contribution in [0.25, 0.3) is 0 Å². The Labute approximate surface area is 133 Å². The SMILES string of the molecule is CCOP(=O)(OCC)C1=CC=C/C1=C(/O)N(C(C)C)C(C)C. The van der Waals surface area contributed by atoms with Gasteiger partial charge in [-0.15, -0.1) is 0 Å². The molecule has 5 nitrogen and oxygen atoms in total. The van der Waals surface area contributed by atoms with Crippen molar-refractivity contribution in [3.63, 3.8) is 0 Å². The summed E-state index contributed by atoms with van der Waals surface area (Å²) in [7, 11) is -3.42. The van der Waals surface area contributed by atoms with Gasteiger partial charge in [0.25, 0.3) is 0 Å². The van der Waals surface area contributed by atoms with Crippen LogP contribution in [0.5, 0.6) is 0 Å². The first-order chi connectivity index (χ1) is 10.3. The van der Waals surface area contributed by atoms with Gasteiger partial charge in [-0.1, -0.05) is 6.08 Å². The lowest BCUT2D eigenvalue weighted by Gasteiger charge is -2.33. The van der Waals surface area contributed by atoms with Gasteiger partial charge in [-0.05, 0) is 53.7 Å². The second kappa shape index (κ2) is 8.00. The Morgan fingerprint density at radius 2 is 1.68 bits per heavy atom. The smallest absolute Gasteiger partial charge is 0.362 e. The summed E-state index contributed by atoms with van der Waals surface area (Å²) in [5, 5.41) is 11.1.